The van der Waals surface area contributed by atoms with Gasteiger partial charge in [-0.1, -0.05) is 0 Å². The monoisotopic (exact) mass is 248 g/mol. The molecule has 1 saturated heterocycles. The fourth-order valence-corrected chi connectivity index (χ4v) is 2.54. The van der Waals surface area contributed by atoms with E-state index in [-0.39, 0.29) is 0 Å². The molecule has 2 unspecified atom stereocenters. The first-order valence-electron chi connectivity index (χ1n) is 7.00. The van der Waals surface area contributed by atoms with Crippen molar-refractivity contribution < 1.29 is 4.74 Å². The van der Waals surface area contributed by atoms with Gasteiger partial charge in [0.05, 0.1) is 6.61 Å². The van der Waals surface area contributed by atoms with E-state index in [1.165, 1.54) is 31.5 Å². The summed E-state index contributed by atoms with van der Waals surface area (Å²) in [4.78, 5) is 0. The first kappa shape index (κ1) is 13.2. The SMILES string of the molecule is CCOc1ccc(NC(C)CC2CCCN2)cc1. The molecule has 1 aromatic carbocycles. The van der Waals surface area contributed by atoms with Gasteiger partial charge in [-0.25, -0.2) is 0 Å². The lowest BCUT2D eigenvalue weighted by Gasteiger charge is -2.19. The summed E-state index contributed by atoms with van der Waals surface area (Å²) in [6, 6.07) is 9.40. The van der Waals surface area contributed by atoms with Crippen molar-refractivity contribution in [2.75, 3.05) is 18.5 Å². The van der Waals surface area contributed by atoms with Crippen LogP contribution in [0.3, 0.4) is 0 Å². The maximum atomic E-state index is 5.44. The Morgan fingerprint density at radius 1 is 1.39 bits per heavy atom. The lowest BCUT2D eigenvalue weighted by molar-refractivity contribution is 0.340. The van der Waals surface area contributed by atoms with Gasteiger partial charge in [-0.2, -0.15) is 0 Å². The Morgan fingerprint density at radius 2 is 2.17 bits per heavy atom. The maximum absolute atomic E-state index is 5.44. The van der Waals surface area contributed by atoms with E-state index >= 15 is 0 Å². The third kappa shape index (κ3) is 3.91. The van der Waals surface area contributed by atoms with Gasteiger partial charge < -0.3 is 15.4 Å². The third-order valence-electron chi connectivity index (χ3n) is 3.38. The van der Waals surface area contributed by atoms with Gasteiger partial charge >= 0.3 is 0 Å². The lowest BCUT2D eigenvalue weighted by atomic mass is 10.1. The van der Waals surface area contributed by atoms with Crippen molar-refractivity contribution in [2.24, 2.45) is 0 Å². The molecule has 3 heteroatoms. The first-order valence-corrected chi connectivity index (χ1v) is 7.00. The van der Waals surface area contributed by atoms with E-state index < -0.39 is 0 Å². The molecule has 100 valence electrons. The predicted octanol–water partition coefficient (Wildman–Crippen LogP) is 3.03. The van der Waals surface area contributed by atoms with Gasteiger partial charge in [-0.3, -0.25) is 0 Å². The number of rotatable bonds is 6. The van der Waals surface area contributed by atoms with Crippen LogP contribution in [0.1, 0.15) is 33.1 Å². The molecule has 2 N–H and O–H groups in total. The molecule has 3 nitrogen and oxygen atoms in total. The summed E-state index contributed by atoms with van der Waals surface area (Å²) in [5.74, 6) is 0.938. The fourth-order valence-electron chi connectivity index (χ4n) is 2.54. The van der Waals surface area contributed by atoms with Crippen LogP contribution in [0.25, 0.3) is 0 Å². The average molecular weight is 248 g/mol. The Labute approximate surface area is 110 Å². The molecular weight excluding hydrogens is 224 g/mol. The van der Waals surface area contributed by atoms with Crippen molar-refractivity contribution in [3.8, 4) is 5.75 Å². The summed E-state index contributed by atoms with van der Waals surface area (Å²) in [5, 5.41) is 7.08. The first-order chi connectivity index (χ1) is 8.78. The normalized spacial score (nSPS) is 20.7. The van der Waals surface area contributed by atoms with E-state index in [0.29, 0.717) is 12.1 Å². The molecule has 0 amide bonds. The van der Waals surface area contributed by atoms with E-state index in [1.807, 2.05) is 19.1 Å². The van der Waals surface area contributed by atoms with Crippen LogP contribution in [0.5, 0.6) is 5.75 Å². The quantitative estimate of drug-likeness (QED) is 0.812. The molecule has 0 aromatic heterocycles. The number of benzene rings is 1. The summed E-state index contributed by atoms with van der Waals surface area (Å²) in [6.07, 6.45) is 3.82. The summed E-state index contributed by atoms with van der Waals surface area (Å²) in [5.41, 5.74) is 1.17. The summed E-state index contributed by atoms with van der Waals surface area (Å²) >= 11 is 0. The van der Waals surface area contributed by atoms with Crippen molar-refractivity contribution in [1.29, 1.82) is 0 Å². The van der Waals surface area contributed by atoms with E-state index in [9.17, 15) is 0 Å². The van der Waals surface area contributed by atoms with Gasteiger partial charge in [0.1, 0.15) is 5.75 Å². The Morgan fingerprint density at radius 3 is 2.78 bits per heavy atom. The van der Waals surface area contributed by atoms with Crippen LogP contribution in [0, 0.1) is 0 Å². The number of nitrogens with one attached hydrogen (secondary N) is 2. The Bertz CT molecular complexity index is 344. The van der Waals surface area contributed by atoms with E-state index in [2.05, 4.69) is 29.7 Å². The smallest absolute Gasteiger partial charge is 0.119 e. The van der Waals surface area contributed by atoms with E-state index in [0.717, 1.165) is 12.4 Å². The van der Waals surface area contributed by atoms with Gasteiger partial charge in [0, 0.05) is 17.8 Å². The molecule has 1 aliphatic rings. The highest BCUT2D eigenvalue weighted by molar-refractivity contribution is 5.46. The molecule has 1 heterocycles. The average Bonchev–Trinajstić information content (AvgIpc) is 2.84. The molecule has 1 aliphatic heterocycles. The van der Waals surface area contributed by atoms with Crippen LogP contribution in [0.15, 0.2) is 24.3 Å². The third-order valence-corrected chi connectivity index (χ3v) is 3.38. The second-order valence-corrected chi connectivity index (χ2v) is 5.03. The molecule has 0 radical (unpaired) electrons. The van der Waals surface area contributed by atoms with Crippen molar-refractivity contribution in [1.82, 2.24) is 5.32 Å². The second kappa shape index (κ2) is 6.64. The number of ether oxygens (including phenoxy) is 1. The van der Waals surface area contributed by atoms with Crippen molar-refractivity contribution in [3.63, 3.8) is 0 Å². The number of hydrogen-bond acceptors (Lipinski definition) is 3. The minimum Gasteiger partial charge on any atom is -0.494 e. The van der Waals surface area contributed by atoms with Gasteiger partial charge in [0.25, 0.3) is 0 Å². The maximum Gasteiger partial charge on any atom is 0.119 e. The van der Waals surface area contributed by atoms with Gasteiger partial charge in [0.2, 0.25) is 0 Å². The van der Waals surface area contributed by atoms with Crippen LogP contribution in [0.2, 0.25) is 0 Å². The van der Waals surface area contributed by atoms with E-state index in [1.54, 1.807) is 0 Å². The molecule has 2 atom stereocenters. The van der Waals surface area contributed by atoms with E-state index in [4.69, 9.17) is 4.74 Å². The van der Waals surface area contributed by atoms with Crippen LogP contribution in [-0.4, -0.2) is 25.2 Å². The summed E-state index contributed by atoms with van der Waals surface area (Å²) < 4.78 is 5.44. The molecule has 0 bridgehead atoms. The highest BCUT2D eigenvalue weighted by Gasteiger charge is 2.16. The minimum atomic E-state index is 0.499. The highest BCUT2D eigenvalue weighted by Crippen LogP contribution is 2.18. The Balaban J connectivity index is 1.80. The second-order valence-electron chi connectivity index (χ2n) is 5.03. The zero-order chi connectivity index (χ0) is 12.8. The standard InChI is InChI=1S/C15H24N2O/c1-3-18-15-8-6-13(7-9-15)17-12(2)11-14-5-4-10-16-14/h6-9,12,14,16-17H,3-5,10-11H2,1-2H3. The van der Waals surface area contributed by atoms with Crippen molar-refractivity contribution in [2.45, 2.75) is 45.2 Å². The molecular formula is C15H24N2O. The van der Waals surface area contributed by atoms with Crippen LogP contribution >= 0.6 is 0 Å². The Hall–Kier alpha value is -1.22. The number of anilines is 1. The molecule has 1 aromatic rings. The zero-order valence-electron chi connectivity index (χ0n) is 11.4. The van der Waals surface area contributed by atoms with Crippen LogP contribution < -0.4 is 15.4 Å². The Kier molecular flexibility index (Phi) is 4.88. The molecule has 0 aliphatic carbocycles. The van der Waals surface area contributed by atoms with Gasteiger partial charge in [-0.05, 0) is 63.9 Å². The predicted molar refractivity (Wildman–Crippen MR) is 76.3 cm³/mol. The van der Waals surface area contributed by atoms with Crippen LogP contribution in [-0.2, 0) is 0 Å². The number of hydrogen-bond donors (Lipinski definition) is 2. The topological polar surface area (TPSA) is 33.3 Å². The minimum absolute atomic E-state index is 0.499. The summed E-state index contributed by atoms with van der Waals surface area (Å²) in [7, 11) is 0. The van der Waals surface area contributed by atoms with Crippen LogP contribution in [0.4, 0.5) is 5.69 Å². The molecule has 2 rings (SSSR count). The molecule has 0 spiro atoms. The zero-order valence-corrected chi connectivity index (χ0v) is 11.4. The lowest BCUT2D eigenvalue weighted by Crippen LogP contribution is -2.29. The molecule has 1 fully saturated rings. The molecule has 18 heavy (non-hydrogen) atoms. The largest absolute Gasteiger partial charge is 0.494 e. The van der Waals surface area contributed by atoms with Gasteiger partial charge in [-0.15, -0.1) is 0 Å². The molecule has 0 saturated carbocycles. The fraction of sp³-hybridized carbons (Fsp3) is 0.600. The van der Waals surface area contributed by atoms with Crippen molar-refractivity contribution in [3.05, 3.63) is 24.3 Å². The van der Waals surface area contributed by atoms with Gasteiger partial charge in [0.15, 0.2) is 0 Å². The highest BCUT2D eigenvalue weighted by atomic mass is 16.5. The summed E-state index contributed by atoms with van der Waals surface area (Å²) in [6.45, 7) is 6.15. The van der Waals surface area contributed by atoms with Crippen molar-refractivity contribution >= 4 is 5.69 Å².